The summed E-state index contributed by atoms with van der Waals surface area (Å²) in [7, 11) is 0. The van der Waals surface area contributed by atoms with Crippen molar-refractivity contribution in [1.82, 2.24) is 0 Å². The lowest BCUT2D eigenvalue weighted by molar-refractivity contribution is 0.0698. The molecule has 0 aromatic heterocycles. The van der Waals surface area contributed by atoms with Gasteiger partial charge in [0.05, 0.1) is 11.3 Å². The van der Waals surface area contributed by atoms with E-state index in [0.717, 1.165) is 5.56 Å². The maximum atomic E-state index is 13.6. The molecule has 3 aromatic rings. The van der Waals surface area contributed by atoms with Crippen molar-refractivity contribution < 1.29 is 18.7 Å². The lowest BCUT2D eigenvalue weighted by Crippen LogP contribution is -2.03. The van der Waals surface area contributed by atoms with Gasteiger partial charge in [0.25, 0.3) is 0 Å². The number of carboxylic acids is 1. The van der Waals surface area contributed by atoms with Crippen molar-refractivity contribution in [2.45, 2.75) is 6.92 Å². The summed E-state index contributed by atoms with van der Waals surface area (Å²) in [6.07, 6.45) is 3.52. The second-order valence-electron chi connectivity index (χ2n) is 6.08. The van der Waals surface area contributed by atoms with Crippen molar-refractivity contribution in [3.8, 4) is 0 Å². The van der Waals surface area contributed by atoms with Crippen LogP contribution in [0.2, 0.25) is 0 Å². The Morgan fingerprint density at radius 1 is 0.926 bits per heavy atom. The summed E-state index contributed by atoms with van der Waals surface area (Å²) >= 11 is 0. The van der Waals surface area contributed by atoms with Crippen molar-refractivity contribution in [1.29, 1.82) is 0 Å². The molecule has 27 heavy (non-hydrogen) atoms. The maximum Gasteiger partial charge on any atom is 0.337 e. The molecule has 136 valence electrons. The molecule has 0 radical (unpaired) electrons. The number of benzene rings is 3. The third kappa shape index (κ3) is 4.58. The Morgan fingerprint density at radius 3 is 2.19 bits per heavy atom. The second kappa shape index (κ2) is 7.83. The minimum absolute atomic E-state index is 0.0952. The number of hydrogen-bond donors (Lipinski definition) is 2. The van der Waals surface area contributed by atoms with E-state index in [4.69, 9.17) is 0 Å². The smallest absolute Gasteiger partial charge is 0.337 e. The Balaban J connectivity index is 1.90. The number of nitrogens with one attached hydrogen (secondary N) is 1. The zero-order valence-electron chi connectivity index (χ0n) is 14.5. The van der Waals surface area contributed by atoms with Gasteiger partial charge in [0.15, 0.2) is 0 Å². The molecule has 0 unspecified atom stereocenters. The number of carboxylic acid groups (broad SMARTS) is 1. The first-order valence-corrected chi connectivity index (χ1v) is 8.26. The highest BCUT2D eigenvalue weighted by molar-refractivity contribution is 5.96. The molecule has 3 nitrogen and oxygen atoms in total. The van der Waals surface area contributed by atoms with Gasteiger partial charge in [-0.25, -0.2) is 13.6 Å². The number of anilines is 2. The topological polar surface area (TPSA) is 49.3 Å². The molecular formula is C22H17F2NO2. The van der Waals surface area contributed by atoms with Crippen LogP contribution in [0.4, 0.5) is 20.2 Å². The van der Waals surface area contributed by atoms with Gasteiger partial charge < -0.3 is 10.4 Å². The predicted molar refractivity (Wildman–Crippen MR) is 103 cm³/mol. The van der Waals surface area contributed by atoms with E-state index < -0.39 is 5.97 Å². The molecule has 0 aliphatic carbocycles. The molecule has 0 aliphatic rings. The highest BCUT2D eigenvalue weighted by Gasteiger charge is 2.10. The monoisotopic (exact) mass is 365 g/mol. The van der Waals surface area contributed by atoms with Gasteiger partial charge in [0.2, 0.25) is 0 Å². The van der Waals surface area contributed by atoms with Gasteiger partial charge in [-0.15, -0.1) is 0 Å². The third-order valence-corrected chi connectivity index (χ3v) is 4.06. The molecule has 0 heterocycles. The molecule has 5 heteroatoms. The van der Waals surface area contributed by atoms with Gasteiger partial charge in [-0.2, -0.15) is 0 Å². The molecule has 0 saturated heterocycles. The van der Waals surface area contributed by atoms with E-state index in [1.54, 1.807) is 43.3 Å². The zero-order valence-corrected chi connectivity index (χ0v) is 14.5. The quantitative estimate of drug-likeness (QED) is 0.555. The van der Waals surface area contributed by atoms with Crippen molar-refractivity contribution in [3.63, 3.8) is 0 Å². The highest BCUT2D eigenvalue weighted by atomic mass is 19.1. The molecular weight excluding hydrogens is 348 g/mol. The number of aryl methyl sites for hydroxylation is 1. The van der Waals surface area contributed by atoms with Crippen LogP contribution in [0.15, 0.2) is 60.7 Å². The van der Waals surface area contributed by atoms with Crippen molar-refractivity contribution >= 4 is 29.5 Å². The number of rotatable bonds is 5. The van der Waals surface area contributed by atoms with Crippen LogP contribution in [0.1, 0.15) is 27.0 Å². The maximum absolute atomic E-state index is 13.6. The number of carbonyl (C=O) groups is 1. The largest absolute Gasteiger partial charge is 0.478 e. The average molecular weight is 365 g/mol. The zero-order chi connectivity index (χ0) is 19.4. The van der Waals surface area contributed by atoms with Crippen LogP contribution in [0, 0.1) is 18.6 Å². The minimum Gasteiger partial charge on any atom is -0.478 e. The summed E-state index contributed by atoms with van der Waals surface area (Å²) in [6, 6.07) is 15.4. The van der Waals surface area contributed by atoms with Crippen LogP contribution in [0.5, 0.6) is 0 Å². The summed E-state index contributed by atoms with van der Waals surface area (Å²) in [5.41, 5.74) is 3.06. The Hall–Kier alpha value is -3.47. The molecule has 0 atom stereocenters. The van der Waals surface area contributed by atoms with Crippen LogP contribution < -0.4 is 5.32 Å². The van der Waals surface area contributed by atoms with E-state index in [9.17, 15) is 18.7 Å². The Labute approximate surface area is 155 Å². The summed E-state index contributed by atoms with van der Waals surface area (Å²) < 4.78 is 26.7. The first-order chi connectivity index (χ1) is 12.9. The molecule has 0 amide bonds. The van der Waals surface area contributed by atoms with Crippen molar-refractivity contribution in [2.24, 2.45) is 0 Å². The van der Waals surface area contributed by atoms with Gasteiger partial charge in [-0.3, -0.25) is 0 Å². The van der Waals surface area contributed by atoms with Crippen molar-refractivity contribution in [2.75, 3.05) is 5.32 Å². The van der Waals surface area contributed by atoms with Gasteiger partial charge in [-0.05, 0) is 66.1 Å². The Morgan fingerprint density at radius 2 is 1.56 bits per heavy atom. The Bertz CT molecular complexity index is 1010. The van der Waals surface area contributed by atoms with E-state index in [1.807, 2.05) is 0 Å². The molecule has 0 bridgehead atoms. The molecule has 0 spiro atoms. The lowest BCUT2D eigenvalue weighted by Gasteiger charge is -2.11. The fourth-order valence-electron chi connectivity index (χ4n) is 2.55. The minimum atomic E-state index is -1.07. The van der Waals surface area contributed by atoms with E-state index in [0.29, 0.717) is 22.5 Å². The number of hydrogen-bond acceptors (Lipinski definition) is 2. The normalized spacial score (nSPS) is 10.9. The second-order valence-corrected chi connectivity index (χ2v) is 6.08. The summed E-state index contributed by atoms with van der Waals surface area (Å²) in [5.74, 6) is -1.73. The van der Waals surface area contributed by atoms with Crippen molar-refractivity contribution in [3.05, 3.63) is 94.6 Å². The van der Waals surface area contributed by atoms with Gasteiger partial charge >= 0.3 is 5.97 Å². The fourth-order valence-corrected chi connectivity index (χ4v) is 2.55. The van der Waals surface area contributed by atoms with Crippen LogP contribution in [0.3, 0.4) is 0 Å². The third-order valence-electron chi connectivity index (χ3n) is 4.06. The van der Waals surface area contributed by atoms with E-state index in [2.05, 4.69) is 5.32 Å². The summed E-state index contributed by atoms with van der Waals surface area (Å²) in [4.78, 5) is 11.5. The molecule has 3 rings (SSSR count). The lowest BCUT2D eigenvalue weighted by atomic mass is 10.1. The van der Waals surface area contributed by atoms with Gasteiger partial charge in [0.1, 0.15) is 11.6 Å². The summed E-state index contributed by atoms with van der Waals surface area (Å²) in [5, 5.41) is 12.4. The SMILES string of the molecule is Cc1ccc(/C=C/c2ccc(C(=O)O)c(Nc3ccc(F)cc3)c2)cc1F. The van der Waals surface area contributed by atoms with E-state index in [1.165, 1.54) is 36.4 Å². The number of aromatic carboxylic acids is 1. The van der Waals surface area contributed by atoms with Crippen LogP contribution >= 0.6 is 0 Å². The summed E-state index contributed by atoms with van der Waals surface area (Å²) in [6.45, 7) is 1.70. The molecule has 3 aromatic carbocycles. The van der Waals surface area contributed by atoms with Crippen LogP contribution in [-0.2, 0) is 0 Å². The van der Waals surface area contributed by atoms with Crippen LogP contribution in [-0.4, -0.2) is 11.1 Å². The number of halogens is 2. The fraction of sp³-hybridized carbons (Fsp3) is 0.0455. The average Bonchev–Trinajstić information content (AvgIpc) is 2.64. The molecule has 0 aliphatic heterocycles. The molecule has 2 N–H and O–H groups in total. The first-order valence-electron chi connectivity index (χ1n) is 8.26. The van der Waals surface area contributed by atoms with E-state index in [-0.39, 0.29) is 17.2 Å². The predicted octanol–water partition coefficient (Wildman–Crippen LogP) is 5.89. The Kier molecular flexibility index (Phi) is 5.31. The molecule has 0 fully saturated rings. The molecule has 0 saturated carbocycles. The standard InChI is InChI=1S/C22H17F2NO2/c1-14-2-3-15(12-20(14)24)4-5-16-6-11-19(22(26)27)21(13-16)25-18-9-7-17(23)8-10-18/h2-13,25H,1H3,(H,26,27)/b5-4+. The first kappa shape index (κ1) is 18.3. The highest BCUT2D eigenvalue weighted by Crippen LogP contribution is 2.24. The van der Waals surface area contributed by atoms with E-state index >= 15 is 0 Å². The van der Waals surface area contributed by atoms with Crippen LogP contribution in [0.25, 0.3) is 12.2 Å². The van der Waals surface area contributed by atoms with Gasteiger partial charge in [-0.1, -0.05) is 30.4 Å². The van der Waals surface area contributed by atoms with Gasteiger partial charge in [0, 0.05) is 5.69 Å².